The third-order valence-corrected chi connectivity index (χ3v) is 6.14. The zero-order chi connectivity index (χ0) is 21.5. The van der Waals surface area contributed by atoms with Gasteiger partial charge in [-0.2, -0.15) is 0 Å². The predicted octanol–water partition coefficient (Wildman–Crippen LogP) is 5.42. The first-order valence-electron chi connectivity index (χ1n) is 11.5. The molecule has 0 N–H and O–H groups in total. The number of ether oxygens (including phenoxy) is 1. The molecule has 0 amide bonds. The number of hydrogen-bond acceptors (Lipinski definition) is 4. The molecule has 31 heavy (non-hydrogen) atoms. The van der Waals surface area contributed by atoms with Crippen LogP contribution in [0.2, 0.25) is 0 Å². The molecule has 0 radical (unpaired) electrons. The maximum Gasteiger partial charge on any atom is 0.331 e. The van der Waals surface area contributed by atoms with E-state index in [1.807, 2.05) is 18.2 Å². The van der Waals surface area contributed by atoms with Gasteiger partial charge in [-0.3, -0.25) is 4.90 Å². The largest absolute Gasteiger partial charge is 0.459 e. The topological polar surface area (TPSA) is 42.4 Å². The number of esters is 1. The number of likely N-dealkylation sites (tertiary alicyclic amines) is 1. The molecule has 0 bridgehead atoms. The summed E-state index contributed by atoms with van der Waals surface area (Å²) < 4.78 is 5.52. The van der Waals surface area contributed by atoms with E-state index in [0.717, 1.165) is 62.3 Å². The van der Waals surface area contributed by atoms with Crippen molar-refractivity contribution in [3.63, 3.8) is 0 Å². The molecule has 2 aromatic rings. The standard InChI is InChI=1S/C27H32N2O2/c1-21-11-13-22(14-12-21)25(17-20-29-18-4-5-19-29)26-10-6-7-23(28-26)15-16-27(30)31-24-8-2-3-9-24/h6-7,10-17,24H,2-5,8-9,18-20H2,1H3/b16-15+,25-17-. The second kappa shape index (κ2) is 10.5. The third-order valence-electron chi connectivity index (χ3n) is 6.14. The molecule has 0 spiro atoms. The molecule has 4 heteroatoms. The average Bonchev–Trinajstić information content (AvgIpc) is 3.48. The van der Waals surface area contributed by atoms with Crippen molar-refractivity contribution in [2.45, 2.75) is 51.6 Å². The summed E-state index contributed by atoms with van der Waals surface area (Å²) in [6.45, 7) is 5.36. The van der Waals surface area contributed by atoms with Crippen LogP contribution in [-0.4, -0.2) is 41.6 Å². The smallest absolute Gasteiger partial charge is 0.331 e. The van der Waals surface area contributed by atoms with Crippen LogP contribution < -0.4 is 0 Å². The fourth-order valence-corrected chi connectivity index (χ4v) is 4.35. The Morgan fingerprint density at radius 2 is 1.81 bits per heavy atom. The van der Waals surface area contributed by atoms with Gasteiger partial charge in [0.1, 0.15) is 6.10 Å². The van der Waals surface area contributed by atoms with Crippen molar-refractivity contribution in [3.05, 3.63) is 77.1 Å². The number of carbonyl (C=O) groups is 1. The Hall–Kier alpha value is -2.72. The Morgan fingerprint density at radius 1 is 1.06 bits per heavy atom. The summed E-state index contributed by atoms with van der Waals surface area (Å²) in [6.07, 6.45) is 12.5. The van der Waals surface area contributed by atoms with Crippen LogP contribution in [-0.2, 0) is 9.53 Å². The summed E-state index contributed by atoms with van der Waals surface area (Å²) in [7, 11) is 0. The van der Waals surface area contributed by atoms with Crippen molar-refractivity contribution in [2.75, 3.05) is 19.6 Å². The van der Waals surface area contributed by atoms with Gasteiger partial charge in [-0.1, -0.05) is 42.0 Å². The Morgan fingerprint density at radius 3 is 2.55 bits per heavy atom. The Bertz CT molecular complexity index is 934. The van der Waals surface area contributed by atoms with Crippen molar-refractivity contribution >= 4 is 17.6 Å². The second-order valence-corrected chi connectivity index (χ2v) is 8.62. The first-order valence-corrected chi connectivity index (χ1v) is 11.5. The number of nitrogens with zero attached hydrogens (tertiary/aromatic N) is 2. The van der Waals surface area contributed by atoms with E-state index in [4.69, 9.17) is 9.72 Å². The van der Waals surface area contributed by atoms with E-state index in [-0.39, 0.29) is 12.1 Å². The Balaban J connectivity index is 1.53. The number of aryl methyl sites for hydroxylation is 1. The van der Waals surface area contributed by atoms with Crippen LogP contribution >= 0.6 is 0 Å². The maximum absolute atomic E-state index is 12.1. The van der Waals surface area contributed by atoms with E-state index in [1.54, 1.807) is 6.08 Å². The van der Waals surface area contributed by atoms with Gasteiger partial charge in [-0.25, -0.2) is 9.78 Å². The molecular formula is C27H32N2O2. The molecule has 1 aliphatic heterocycles. The fraction of sp³-hybridized carbons (Fsp3) is 0.407. The lowest BCUT2D eigenvalue weighted by molar-refractivity contribution is -0.142. The normalized spacial score (nSPS) is 18.2. The minimum absolute atomic E-state index is 0.0816. The molecule has 162 valence electrons. The number of aromatic nitrogens is 1. The highest BCUT2D eigenvalue weighted by Gasteiger charge is 2.18. The summed E-state index contributed by atoms with van der Waals surface area (Å²) in [4.78, 5) is 19.5. The molecule has 2 fully saturated rings. The lowest BCUT2D eigenvalue weighted by Crippen LogP contribution is -2.19. The van der Waals surface area contributed by atoms with E-state index in [9.17, 15) is 4.79 Å². The van der Waals surface area contributed by atoms with Crippen LogP contribution in [0.25, 0.3) is 11.6 Å². The number of hydrogen-bond donors (Lipinski definition) is 0. The quantitative estimate of drug-likeness (QED) is 0.447. The molecule has 0 unspecified atom stereocenters. The van der Waals surface area contributed by atoms with Gasteiger partial charge in [0.15, 0.2) is 0 Å². The van der Waals surface area contributed by atoms with Crippen LogP contribution in [0, 0.1) is 6.92 Å². The van der Waals surface area contributed by atoms with Gasteiger partial charge in [0.2, 0.25) is 0 Å². The number of pyridine rings is 1. The molecule has 1 aromatic carbocycles. The molecular weight excluding hydrogens is 384 g/mol. The average molecular weight is 417 g/mol. The van der Waals surface area contributed by atoms with E-state index < -0.39 is 0 Å². The second-order valence-electron chi connectivity index (χ2n) is 8.62. The van der Waals surface area contributed by atoms with E-state index in [0.29, 0.717) is 0 Å². The summed E-state index contributed by atoms with van der Waals surface area (Å²) in [5, 5.41) is 0. The molecule has 2 aliphatic rings. The van der Waals surface area contributed by atoms with Crippen molar-refractivity contribution < 1.29 is 9.53 Å². The van der Waals surface area contributed by atoms with Crippen molar-refractivity contribution in [1.29, 1.82) is 0 Å². The van der Waals surface area contributed by atoms with E-state index in [1.165, 1.54) is 30.0 Å². The van der Waals surface area contributed by atoms with Crippen molar-refractivity contribution in [3.8, 4) is 0 Å². The number of benzene rings is 1. The van der Waals surface area contributed by atoms with Gasteiger partial charge in [0.25, 0.3) is 0 Å². The number of rotatable bonds is 7. The van der Waals surface area contributed by atoms with Gasteiger partial charge < -0.3 is 4.74 Å². The van der Waals surface area contributed by atoms with E-state index >= 15 is 0 Å². The minimum atomic E-state index is -0.276. The highest BCUT2D eigenvalue weighted by molar-refractivity contribution is 5.87. The van der Waals surface area contributed by atoms with Gasteiger partial charge in [-0.15, -0.1) is 0 Å². The molecule has 0 atom stereocenters. The van der Waals surface area contributed by atoms with Gasteiger partial charge in [0, 0.05) is 18.2 Å². The lowest BCUT2D eigenvalue weighted by atomic mass is 10.00. The van der Waals surface area contributed by atoms with Crippen molar-refractivity contribution in [1.82, 2.24) is 9.88 Å². The van der Waals surface area contributed by atoms with Crippen LogP contribution in [0.5, 0.6) is 0 Å². The van der Waals surface area contributed by atoms with Gasteiger partial charge in [-0.05, 0) is 82.3 Å². The van der Waals surface area contributed by atoms with Crippen molar-refractivity contribution in [2.24, 2.45) is 0 Å². The first kappa shape index (κ1) is 21.5. The monoisotopic (exact) mass is 416 g/mol. The third kappa shape index (κ3) is 6.14. The summed E-state index contributed by atoms with van der Waals surface area (Å²) in [5.74, 6) is -0.276. The fourth-order valence-electron chi connectivity index (χ4n) is 4.35. The van der Waals surface area contributed by atoms with Crippen LogP contribution in [0.15, 0.2) is 54.6 Å². The van der Waals surface area contributed by atoms with E-state index in [2.05, 4.69) is 42.2 Å². The molecule has 1 saturated carbocycles. The predicted molar refractivity (Wildman–Crippen MR) is 126 cm³/mol. The van der Waals surface area contributed by atoms with Crippen LogP contribution in [0.1, 0.15) is 61.0 Å². The molecule has 1 aromatic heterocycles. The molecule has 2 heterocycles. The number of carbonyl (C=O) groups excluding carboxylic acids is 1. The minimum Gasteiger partial charge on any atom is -0.459 e. The molecule has 4 nitrogen and oxygen atoms in total. The first-order chi connectivity index (χ1) is 15.2. The Labute approximate surface area is 185 Å². The van der Waals surface area contributed by atoms with Crippen LogP contribution in [0.3, 0.4) is 0 Å². The molecule has 1 saturated heterocycles. The SMILES string of the molecule is Cc1ccc(/C(=C/CN2CCCC2)c2cccc(/C=C/C(=O)OC3CCCC3)n2)cc1. The molecule has 1 aliphatic carbocycles. The lowest BCUT2D eigenvalue weighted by Gasteiger charge is -2.14. The maximum atomic E-state index is 12.1. The zero-order valence-electron chi connectivity index (χ0n) is 18.4. The van der Waals surface area contributed by atoms with Gasteiger partial charge in [0.05, 0.1) is 11.4 Å². The summed E-state index contributed by atoms with van der Waals surface area (Å²) in [5.41, 5.74) is 5.23. The Kier molecular flexibility index (Phi) is 7.31. The van der Waals surface area contributed by atoms with Crippen LogP contribution in [0.4, 0.5) is 0 Å². The highest BCUT2D eigenvalue weighted by Crippen LogP contribution is 2.24. The zero-order valence-corrected chi connectivity index (χ0v) is 18.4. The molecule has 4 rings (SSSR count). The summed E-state index contributed by atoms with van der Waals surface area (Å²) >= 11 is 0. The summed E-state index contributed by atoms with van der Waals surface area (Å²) in [6, 6.07) is 14.6. The highest BCUT2D eigenvalue weighted by atomic mass is 16.5. The van der Waals surface area contributed by atoms with Gasteiger partial charge >= 0.3 is 5.97 Å².